The summed E-state index contributed by atoms with van der Waals surface area (Å²) in [6.07, 6.45) is -2.93. The molecule has 0 bridgehead atoms. The summed E-state index contributed by atoms with van der Waals surface area (Å²) in [5.74, 6) is 0. The zero-order valence-electron chi connectivity index (χ0n) is 6.09. The quantitative estimate of drug-likeness (QED) is 0.735. The number of rotatable bonds is 2. The molecule has 0 aliphatic carbocycles. The number of thioether (sulfide) groups is 1. The van der Waals surface area contributed by atoms with Gasteiger partial charge >= 0.3 is 6.18 Å². The molecule has 0 aliphatic rings. The Balaban J connectivity index is 2.53. The maximum absolute atomic E-state index is 12.0. The van der Waals surface area contributed by atoms with Crippen molar-refractivity contribution in [2.75, 3.05) is 0 Å². The molecule has 3 nitrogen and oxygen atoms in total. The molecular weight excluding hydrogens is 191 g/mol. The van der Waals surface area contributed by atoms with Gasteiger partial charge < -0.3 is 0 Å². The van der Waals surface area contributed by atoms with E-state index in [0.717, 1.165) is 6.92 Å². The van der Waals surface area contributed by atoms with E-state index in [1.165, 1.54) is 6.20 Å². The Hall–Kier alpha value is -0.720. The van der Waals surface area contributed by atoms with E-state index < -0.39 is 11.4 Å². The van der Waals surface area contributed by atoms with Gasteiger partial charge in [-0.3, -0.25) is 0 Å². The number of alkyl halides is 3. The number of nitrogens with zero attached hydrogens (tertiary/aromatic N) is 2. The number of nitrogens with one attached hydrogen (secondary N) is 1. The lowest BCUT2D eigenvalue weighted by atomic mass is 10.5. The lowest BCUT2D eigenvalue weighted by molar-refractivity contribution is -0.125. The van der Waals surface area contributed by atoms with Gasteiger partial charge in [0.1, 0.15) is 10.3 Å². The van der Waals surface area contributed by atoms with Crippen LogP contribution in [-0.2, 0) is 0 Å². The van der Waals surface area contributed by atoms with Gasteiger partial charge in [0.2, 0.25) is 0 Å². The van der Waals surface area contributed by atoms with E-state index in [1.807, 2.05) is 0 Å². The number of aromatic nitrogens is 3. The van der Waals surface area contributed by atoms with Gasteiger partial charge in [-0.15, -0.1) is 5.10 Å². The van der Waals surface area contributed by atoms with Crippen LogP contribution < -0.4 is 0 Å². The lowest BCUT2D eigenvalue weighted by Gasteiger charge is -2.12. The fraction of sp³-hybridized carbons (Fsp3) is 0.600. The minimum Gasteiger partial charge on any atom is -0.197 e. The number of aromatic amines is 1. The normalized spacial score (nSPS) is 14.7. The average Bonchev–Trinajstić information content (AvgIpc) is 2.37. The van der Waals surface area contributed by atoms with Gasteiger partial charge in [-0.25, -0.2) is 0 Å². The second-order valence-corrected chi connectivity index (χ2v) is 3.47. The van der Waals surface area contributed by atoms with Crippen LogP contribution in [0.3, 0.4) is 0 Å². The number of H-pyrrole nitrogens is 1. The number of halogens is 3. The summed E-state index contributed by atoms with van der Waals surface area (Å²) in [5, 5.41) is 7.92. The van der Waals surface area contributed by atoms with Gasteiger partial charge in [0, 0.05) is 0 Å². The first-order valence-electron chi connectivity index (χ1n) is 3.09. The van der Waals surface area contributed by atoms with E-state index in [9.17, 15) is 13.2 Å². The van der Waals surface area contributed by atoms with Crippen molar-refractivity contribution in [1.82, 2.24) is 15.4 Å². The highest BCUT2D eigenvalue weighted by Crippen LogP contribution is 2.33. The molecule has 1 heterocycles. The van der Waals surface area contributed by atoms with Crippen LogP contribution >= 0.6 is 11.8 Å². The van der Waals surface area contributed by atoms with Crippen molar-refractivity contribution in [1.29, 1.82) is 0 Å². The smallest absolute Gasteiger partial charge is 0.197 e. The summed E-state index contributed by atoms with van der Waals surface area (Å²) in [6.45, 7) is 1.08. The van der Waals surface area contributed by atoms with Crippen molar-refractivity contribution < 1.29 is 13.2 Å². The summed E-state index contributed by atoms with van der Waals surface area (Å²) < 4.78 is 35.9. The fourth-order valence-corrected chi connectivity index (χ4v) is 1.20. The summed E-state index contributed by atoms with van der Waals surface area (Å²) in [4.78, 5) is 0. The van der Waals surface area contributed by atoms with Crippen LogP contribution in [0, 0.1) is 0 Å². The third-order valence-electron chi connectivity index (χ3n) is 1.15. The fourth-order valence-electron chi connectivity index (χ4n) is 0.496. The van der Waals surface area contributed by atoms with Crippen LogP contribution in [0.4, 0.5) is 13.2 Å². The minimum absolute atomic E-state index is 0.250. The highest BCUT2D eigenvalue weighted by atomic mass is 32.2. The van der Waals surface area contributed by atoms with Crippen LogP contribution in [0.15, 0.2) is 11.2 Å². The topological polar surface area (TPSA) is 41.6 Å². The summed E-state index contributed by atoms with van der Waals surface area (Å²) in [6, 6.07) is 0. The molecule has 0 aliphatic heterocycles. The van der Waals surface area contributed by atoms with Gasteiger partial charge in [0.05, 0.1) is 6.20 Å². The maximum Gasteiger partial charge on any atom is 0.400 e. The molecular formula is C5H6F3N3S. The van der Waals surface area contributed by atoms with E-state index >= 15 is 0 Å². The molecule has 1 rings (SSSR count). The molecule has 0 aromatic carbocycles. The van der Waals surface area contributed by atoms with Gasteiger partial charge in [-0.2, -0.15) is 23.5 Å². The molecule has 12 heavy (non-hydrogen) atoms. The molecule has 1 aromatic heterocycles. The van der Waals surface area contributed by atoms with Crippen LogP contribution in [0.25, 0.3) is 0 Å². The number of hydrogen-bond acceptors (Lipinski definition) is 3. The van der Waals surface area contributed by atoms with Gasteiger partial charge in [0.15, 0.2) is 0 Å². The van der Waals surface area contributed by atoms with Crippen molar-refractivity contribution in [2.45, 2.75) is 23.4 Å². The van der Waals surface area contributed by atoms with Crippen molar-refractivity contribution >= 4 is 11.8 Å². The first kappa shape index (κ1) is 9.37. The monoisotopic (exact) mass is 197 g/mol. The highest BCUT2D eigenvalue weighted by Gasteiger charge is 2.37. The highest BCUT2D eigenvalue weighted by molar-refractivity contribution is 7.99. The predicted molar refractivity (Wildman–Crippen MR) is 37.8 cm³/mol. The molecule has 1 aromatic rings. The standard InChI is InChI=1S/C5H6F3N3S/c1-3(5(6,7)8)12-4-2-9-11-10-4/h2-3H,1H3,(H,9,10,11). The van der Waals surface area contributed by atoms with E-state index in [-0.39, 0.29) is 5.03 Å². The van der Waals surface area contributed by atoms with E-state index in [1.54, 1.807) is 0 Å². The Bertz CT molecular complexity index is 233. The molecule has 1 unspecified atom stereocenters. The molecule has 0 saturated carbocycles. The largest absolute Gasteiger partial charge is 0.400 e. The van der Waals surface area contributed by atoms with E-state index in [4.69, 9.17) is 0 Å². The van der Waals surface area contributed by atoms with Crippen LogP contribution in [0.2, 0.25) is 0 Å². The zero-order chi connectivity index (χ0) is 9.19. The third kappa shape index (κ3) is 2.40. The Morgan fingerprint density at radius 3 is 2.67 bits per heavy atom. The van der Waals surface area contributed by atoms with Crippen molar-refractivity contribution in [3.05, 3.63) is 6.20 Å². The van der Waals surface area contributed by atoms with Gasteiger partial charge in [-0.05, 0) is 6.92 Å². The summed E-state index contributed by atoms with van der Waals surface area (Å²) in [7, 11) is 0. The second kappa shape index (κ2) is 3.34. The Morgan fingerprint density at radius 1 is 1.58 bits per heavy atom. The first-order valence-corrected chi connectivity index (χ1v) is 3.97. The molecule has 0 amide bonds. The van der Waals surface area contributed by atoms with Gasteiger partial charge in [-0.1, -0.05) is 11.8 Å². The summed E-state index contributed by atoms with van der Waals surface area (Å²) in [5.41, 5.74) is 0. The average molecular weight is 197 g/mol. The Morgan fingerprint density at radius 2 is 2.25 bits per heavy atom. The first-order chi connectivity index (χ1) is 5.50. The summed E-state index contributed by atoms with van der Waals surface area (Å²) >= 11 is 0.627. The molecule has 7 heteroatoms. The van der Waals surface area contributed by atoms with Crippen molar-refractivity contribution in [3.8, 4) is 0 Å². The van der Waals surface area contributed by atoms with Crippen molar-refractivity contribution in [2.24, 2.45) is 0 Å². The van der Waals surface area contributed by atoms with Crippen LogP contribution in [-0.4, -0.2) is 26.8 Å². The number of hydrogen-bond donors (Lipinski definition) is 1. The minimum atomic E-state index is -4.19. The molecule has 0 fully saturated rings. The molecule has 0 radical (unpaired) electrons. The van der Waals surface area contributed by atoms with Crippen LogP contribution in [0.1, 0.15) is 6.92 Å². The Labute approximate surface area is 70.7 Å². The Kier molecular flexibility index (Phi) is 2.61. The lowest BCUT2D eigenvalue weighted by Crippen LogP contribution is -2.21. The molecule has 68 valence electrons. The van der Waals surface area contributed by atoms with E-state index in [0.29, 0.717) is 11.8 Å². The zero-order valence-corrected chi connectivity index (χ0v) is 6.91. The third-order valence-corrected chi connectivity index (χ3v) is 2.21. The van der Waals surface area contributed by atoms with E-state index in [2.05, 4.69) is 15.4 Å². The van der Waals surface area contributed by atoms with Crippen LogP contribution in [0.5, 0.6) is 0 Å². The predicted octanol–water partition coefficient (Wildman–Crippen LogP) is 1.85. The maximum atomic E-state index is 12.0. The van der Waals surface area contributed by atoms with Crippen molar-refractivity contribution in [3.63, 3.8) is 0 Å². The molecule has 0 spiro atoms. The van der Waals surface area contributed by atoms with Gasteiger partial charge in [0.25, 0.3) is 0 Å². The molecule has 1 N–H and O–H groups in total. The molecule has 0 saturated heterocycles. The SMILES string of the molecule is CC(Sc1cn[nH]n1)C(F)(F)F. The second-order valence-electron chi connectivity index (χ2n) is 2.11. The molecule has 1 atom stereocenters.